The summed E-state index contributed by atoms with van der Waals surface area (Å²) in [6, 6.07) is 18.1. The molecule has 0 aliphatic carbocycles. The summed E-state index contributed by atoms with van der Waals surface area (Å²) in [6.07, 6.45) is 0.710. The van der Waals surface area contributed by atoms with Crippen LogP contribution in [0.15, 0.2) is 64.8 Å². The molecule has 6 nitrogen and oxygen atoms in total. The van der Waals surface area contributed by atoms with Crippen molar-refractivity contribution in [2.24, 2.45) is 5.73 Å². The SMILES string of the molecule is CCn1c(CCN)nnc1Sc1nc(-c2ccccc2)nc2ccccc12. The molecule has 0 aliphatic heterocycles. The number of para-hydroxylation sites is 1. The van der Waals surface area contributed by atoms with E-state index >= 15 is 0 Å². The lowest BCUT2D eigenvalue weighted by molar-refractivity contribution is 0.640. The first-order valence-corrected chi connectivity index (χ1v) is 9.74. The predicted molar refractivity (Wildman–Crippen MR) is 108 cm³/mol. The molecule has 2 aromatic heterocycles. The highest BCUT2D eigenvalue weighted by Gasteiger charge is 2.16. The Balaban J connectivity index is 1.81. The molecule has 0 radical (unpaired) electrons. The van der Waals surface area contributed by atoms with E-state index in [-0.39, 0.29) is 0 Å². The molecule has 27 heavy (non-hydrogen) atoms. The fourth-order valence-electron chi connectivity index (χ4n) is 2.95. The highest BCUT2D eigenvalue weighted by atomic mass is 32.2. The van der Waals surface area contributed by atoms with Crippen LogP contribution >= 0.6 is 11.8 Å². The van der Waals surface area contributed by atoms with Crippen molar-refractivity contribution in [1.29, 1.82) is 0 Å². The smallest absolute Gasteiger partial charge is 0.197 e. The molecule has 0 bridgehead atoms. The zero-order valence-electron chi connectivity index (χ0n) is 15.0. The van der Waals surface area contributed by atoms with Gasteiger partial charge in [-0.15, -0.1) is 10.2 Å². The molecular formula is C20H20N6S. The summed E-state index contributed by atoms with van der Waals surface area (Å²) in [7, 11) is 0. The second-order valence-electron chi connectivity index (χ2n) is 6.02. The summed E-state index contributed by atoms with van der Waals surface area (Å²) in [5.41, 5.74) is 7.60. The van der Waals surface area contributed by atoms with Gasteiger partial charge in [-0.1, -0.05) is 48.5 Å². The van der Waals surface area contributed by atoms with Gasteiger partial charge in [0, 0.05) is 23.9 Å². The summed E-state index contributed by atoms with van der Waals surface area (Å²) in [5.74, 6) is 1.62. The van der Waals surface area contributed by atoms with Gasteiger partial charge in [-0.2, -0.15) is 0 Å². The zero-order chi connectivity index (χ0) is 18.6. The Hall–Kier alpha value is -2.77. The van der Waals surface area contributed by atoms with Gasteiger partial charge in [0.15, 0.2) is 11.0 Å². The molecule has 0 fully saturated rings. The Labute approximate surface area is 161 Å². The van der Waals surface area contributed by atoms with Gasteiger partial charge in [-0.25, -0.2) is 9.97 Å². The summed E-state index contributed by atoms with van der Waals surface area (Å²) >= 11 is 1.52. The van der Waals surface area contributed by atoms with Gasteiger partial charge in [0.05, 0.1) is 5.52 Å². The van der Waals surface area contributed by atoms with Crippen molar-refractivity contribution in [3.8, 4) is 11.4 Å². The lowest BCUT2D eigenvalue weighted by Gasteiger charge is -2.10. The number of nitrogens with two attached hydrogens (primary N) is 1. The van der Waals surface area contributed by atoms with Crippen LogP contribution in [0.4, 0.5) is 0 Å². The van der Waals surface area contributed by atoms with Gasteiger partial charge in [-0.3, -0.25) is 0 Å². The number of benzene rings is 2. The molecule has 2 aromatic carbocycles. The lowest BCUT2D eigenvalue weighted by Crippen LogP contribution is -2.10. The number of nitrogens with zero attached hydrogens (tertiary/aromatic N) is 5. The Morgan fingerprint density at radius 1 is 0.963 bits per heavy atom. The molecule has 4 aromatic rings. The number of hydrogen-bond donors (Lipinski definition) is 1. The van der Waals surface area contributed by atoms with Crippen molar-refractivity contribution < 1.29 is 0 Å². The number of fused-ring (bicyclic) bond motifs is 1. The van der Waals surface area contributed by atoms with Gasteiger partial charge in [0.1, 0.15) is 10.9 Å². The van der Waals surface area contributed by atoms with E-state index in [2.05, 4.69) is 21.7 Å². The average molecular weight is 376 g/mol. The summed E-state index contributed by atoms with van der Waals surface area (Å²) in [6.45, 7) is 3.43. The fraction of sp³-hybridized carbons (Fsp3) is 0.200. The van der Waals surface area contributed by atoms with E-state index in [1.165, 1.54) is 11.8 Å². The van der Waals surface area contributed by atoms with Crippen LogP contribution in [-0.2, 0) is 13.0 Å². The van der Waals surface area contributed by atoms with Crippen molar-refractivity contribution in [2.45, 2.75) is 30.1 Å². The Morgan fingerprint density at radius 2 is 1.74 bits per heavy atom. The molecule has 0 amide bonds. The maximum atomic E-state index is 5.70. The van der Waals surface area contributed by atoms with E-state index < -0.39 is 0 Å². The van der Waals surface area contributed by atoms with Crippen LogP contribution in [-0.4, -0.2) is 31.3 Å². The minimum atomic E-state index is 0.553. The van der Waals surface area contributed by atoms with Gasteiger partial charge in [0.2, 0.25) is 0 Å². The lowest BCUT2D eigenvalue weighted by atomic mass is 10.2. The van der Waals surface area contributed by atoms with Gasteiger partial charge in [0.25, 0.3) is 0 Å². The van der Waals surface area contributed by atoms with Crippen molar-refractivity contribution in [3.63, 3.8) is 0 Å². The second kappa shape index (κ2) is 7.85. The van der Waals surface area contributed by atoms with E-state index in [9.17, 15) is 0 Å². The molecule has 7 heteroatoms. The van der Waals surface area contributed by atoms with Gasteiger partial charge < -0.3 is 10.3 Å². The molecule has 0 unspecified atom stereocenters. The summed E-state index contributed by atoms with van der Waals surface area (Å²) in [4.78, 5) is 9.58. The average Bonchev–Trinajstić information content (AvgIpc) is 3.10. The minimum absolute atomic E-state index is 0.553. The normalized spacial score (nSPS) is 11.2. The Bertz CT molecular complexity index is 1060. The molecule has 0 saturated carbocycles. The maximum absolute atomic E-state index is 5.70. The molecular weight excluding hydrogens is 356 g/mol. The highest BCUT2D eigenvalue weighted by Crippen LogP contribution is 2.32. The van der Waals surface area contributed by atoms with E-state index in [0.717, 1.165) is 39.0 Å². The number of hydrogen-bond acceptors (Lipinski definition) is 6. The maximum Gasteiger partial charge on any atom is 0.197 e. The first-order valence-electron chi connectivity index (χ1n) is 8.92. The highest BCUT2D eigenvalue weighted by molar-refractivity contribution is 7.99. The third-order valence-electron chi connectivity index (χ3n) is 4.27. The van der Waals surface area contributed by atoms with Crippen molar-refractivity contribution in [1.82, 2.24) is 24.7 Å². The van der Waals surface area contributed by atoms with Crippen molar-refractivity contribution >= 4 is 22.7 Å². The Morgan fingerprint density at radius 3 is 2.52 bits per heavy atom. The largest absolute Gasteiger partial charge is 0.330 e. The number of rotatable bonds is 6. The second-order valence-corrected chi connectivity index (χ2v) is 6.98. The standard InChI is InChI=1S/C20H20N6S/c1-2-26-17(12-13-21)24-25-20(26)27-19-15-10-6-7-11-16(15)22-18(23-19)14-8-4-3-5-9-14/h3-11H,2,12-13,21H2,1H3. The third-order valence-corrected chi connectivity index (χ3v) is 5.25. The van der Waals surface area contributed by atoms with Gasteiger partial charge >= 0.3 is 0 Å². The quantitative estimate of drug-likeness (QED) is 0.518. The molecule has 4 rings (SSSR count). The Kier molecular flexibility index (Phi) is 5.13. The van der Waals surface area contributed by atoms with E-state index in [4.69, 9.17) is 15.7 Å². The van der Waals surface area contributed by atoms with Crippen LogP contribution in [0.5, 0.6) is 0 Å². The van der Waals surface area contributed by atoms with Gasteiger partial charge in [-0.05, 0) is 31.3 Å². The van der Waals surface area contributed by atoms with Crippen LogP contribution in [0.2, 0.25) is 0 Å². The fourth-order valence-corrected chi connectivity index (χ4v) is 3.97. The molecule has 0 spiro atoms. The van der Waals surface area contributed by atoms with E-state index in [0.29, 0.717) is 18.8 Å². The molecule has 136 valence electrons. The summed E-state index contributed by atoms with van der Waals surface area (Å²) in [5, 5.41) is 11.4. The van der Waals surface area contributed by atoms with Crippen LogP contribution in [0.3, 0.4) is 0 Å². The molecule has 2 heterocycles. The zero-order valence-corrected chi connectivity index (χ0v) is 15.9. The minimum Gasteiger partial charge on any atom is -0.330 e. The first kappa shape index (κ1) is 17.6. The van der Waals surface area contributed by atoms with E-state index in [1.54, 1.807) is 0 Å². The van der Waals surface area contributed by atoms with E-state index in [1.807, 2.05) is 54.6 Å². The van der Waals surface area contributed by atoms with Crippen LogP contribution < -0.4 is 5.73 Å². The van der Waals surface area contributed by atoms with Crippen LogP contribution in [0.25, 0.3) is 22.3 Å². The van der Waals surface area contributed by atoms with Crippen molar-refractivity contribution in [2.75, 3.05) is 6.54 Å². The molecule has 0 aliphatic rings. The van der Waals surface area contributed by atoms with Crippen LogP contribution in [0.1, 0.15) is 12.7 Å². The predicted octanol–water partition coefficient (Wildman–Crippen LogP) is 3.56. The molecule has 2 N–H and O–H groups in total. The van der Waals surface area contributed by atoms with Crippen LogP contribution in [0, 0.1) is 0 Å². The molecule has 0 atom stereocenters. The van der Waals surface area contributed by atoms with Crippen molar-refractivity contribution in [3.05, 3.63) is 60.4 Å². The monoisotopic (exact) mass is 376 g/mol. The number of aromatic nitrogens is 5. The topological polar surface area (TPSA) is 82.5 Å². The first-order chi connectivity index (χ1) is 13.3. The molecule has 0 saturated heterocycles. The summed E-state index contributed by atoms with van der Waals surface area (Å²) < 4.78 is 2.09. The third kappa shape index (κ3) is 3.56.